The van der Waals surface area contributed by atoms with Crippen LogP contribution in [-0.2, 0) is 4.79 Å². The van der Waals surface area contributed by atoms with Crippen LogP contribution in [0.2, 0.25) is 0 Å². The molecule has 1 heterocycles. The largest absolute Gasteiger partial charge is 0.456 e. The van der Waals surface area contributed by atoms with Crippen molar-refractivity contribution in [2.45, 2.75) is 0 Å². The average molecular weight is 348 g/mol. The maximum Gasteiger partial charge on any atom is 0.186 e. The van der Waals surface area contributed by atoms with E-state index in [2.05, 4.69) is 0 Å². The van der Waals surface area contributed by atoms with Gasteiger partial charge < -0.3 is 4.74 Å². The van der Waals surface area contributed by atoms with E-state index in [4.69, 9.17) is 4.74 Å². The first kappa shape index (κ1) is 15.6. The van der Waals surface area contributed by atoms with Gasteiger partial charge in [0.05, 0.1) is 0 Å². The molecule has 0 aromatic heterocycles. The smallest absolute Gasteiger partial charge is 0.186 e. The first-order valence-corrected chi connectivity index (χ1v) is 8.92. The van der Waals surface area contributed by atoms with E-state index in [0.717, 1.165) is 39.3 Å². The Kier molecular flexibility index (Phi) is 3.61. The summed E-state index contributed by atoms with van der Waals surface area (Å²) in [5.41, 5.74) is 5.85. The molecule has 128 valence electrons. The molecule has 0 saturated carbocycles. The van der Waals surface area contributed by atoms with E-state index in [1.165, 1.54) is 0 Å². The Morgan fingerprint density at radius 3 is 1.85 bits per heavy atom. The van der Waals surface area contributed by atoms with Gasteiger partial charge in [-0.15, -0.1) is 0 Å². The zero-order valence-electron chi connectivity index (χ0n) is 14.6. The highest BCUT2D eigenvalue weighted by Gasteiger charge is 2.21. The monoisotopic (exact) mass is 348 g/mol. The fourth-order valence-electron chi connectivity index (χ4n) is 3.61. The van der Waals surface area contributed by atoms with Crippen molar-refractivity contribution in [2.75, 3.05) is 0 Å². The van der Waals surface area contributed by atoms with Gasteiger partial charge in [-0.3, -0.25) is 4.79 Å². The molecule has 0 unspecified atom stereocenters. The maximum atomic E-state index is 12.5. The number of para-hydroxylation sites is 2. The lowest BCUT2D eigenvalue weighted by Gasteiger charge is -2.22. The molecule has 2 heteroatoms. The third kappa shape index (κ3) is 2.63. The maximum absolute atomic E-state index is 12.5. The number of rotatable bonds is 1. The minimum atomic E-state index is 0.0270. The normalized spacial score (nSPS) is 15.6. The van der Waals surface area contributed by atoms with Crippen LogP contribution in [-0.4, -0.2) is 5.78 Å². The molecule has 0 spiro atoms. The van der Waals surface area contributed by atoms with Crippen LogP contribution in [0.3, 0.4) is 0 Å². The van der Waals surface area contributed by atoms with Gasteiger partial charge in [-0.1, -0.05) is 72.8 Å². The summed E-state index contributed by atoms with van der Waals surface area (Å²) >= 11 is 0. The zero-order valence-corrected chi connectivity index (χ0v) is 14.6. The fourth-order valence-corrected chi connectivity index (χ4v) is 3.61. The quantitative estimate of drug-likeness (QED) is 0.400. The van der Waals surface area contributed by atoms with Crippen LogP contribution < -0.4 is 4.74 Å². The van der Waals surface area contributed by atoms with Crippen molar-refractivity contribution < 1.29 is 9.53 Å². The van der Waals surface area contributed by atoms with Crippen LogP contribution in [0.25, 0.3) is 17.2 Å². The van der Waals surface area contributed by atoms with Gasteiger partial charge in [0.2, 0.25) is 0 Å². The summed E-state index contributed by atoms with van der Waals surface area (Å²) in [4.78, 5) is 12.5. The van der Waals surface area contributed by atoms with E-state index in [0.29, 0.717) is 5.57 Å². The summed E-state index contributed by atoms with van der Waals surface area (Å²) in [6.07, 6.45) is 7.47. The standard InChI is InChI=1S/C25H16O2/c26-23-16-13-17-7-1-2-8-18(17)20(23)15-14-19-21-9-3-5-11-24(21)27-25-12-6-4-10-22(19)25/h1-16H. The number of benzene rings is 3. The zero-order chi connectivity index (χ0) is 18.2. The minimum Gasteiger partial charge on any atom is -0.456 e. The van der Waals surface area contributed by atoms with Gasteiger partial charge in [0.15, 0.2) is 5.78 Å². The van der Waals surface area contributed by atoms with Gasteiger partial charge in [-0.25, -0.2) is 0 Å². The van der Waals surface area contributed by atoms with E-state index in [9.17, 15) is 4.79 Å². The van der Waals surface area contributed by atoms with E-state index in [-0.39, 0.29) is 5.78 Å². The molecule has 1 aliphatic carbocycles. The molecular weight excluding hydrogens is 332 g/mol. The molecule has 2 aliphatic rings. The van der Waals surface area contributed by atoms with Gasteiger partial charge in [0.1, 0.15) is 11.5 Å². The van der Waals surface area contributed by atoms with Crippen molar-refractivity contribution in [3.05, 3.63) is 113 Å². The third-order valence-corrected chi connectivity index (χ3v) is 4.92. The number of hydrogen-bond acceptors (Lipinski definition) is 2. The summed E-state index contributed by atoms with van der Waals surface area (Å²) in [7, 11) is 0. The molecule has 5 rings (SSSR count). The summed E-state index contributed by atoms with van der Waals surface area (Å²) in [6.45, 7) is 0. The second-order valence-electron chi connectivity index (χ2n) is 6.54. The third-order valence-electron chi connectivity index (χ3n) is 4.92. The molecule has 0 radical (unpaired) electrons. The van der Waals surface area contributed by atoms with Crippen LogP contribution in [0.5, 0.6) is 11.5 Å². The summed E-state index contributed by atoms with van der Waals surface area (Å²) in [5, 5.41) is 0. The van der Waals surface area contributed by atoms with E-state index in [1.54, 1.807) is 6.08 Å². The molecule has 0 bridgehead atoms. The first-order chi connectivity index (χ1) is 13.3. The van der Waals surface area contributed by atoms with E-state index < -0.39 is 0 Å². The lowest BCUT2D eigenvalue weighted by molar-refractivity contribution is -0.109. The van der Waals surface area contributed by atoms with E-state index in [1.807, 2.05) is 91.0 Å². The van der Waals surface area contributed by atoms with Gasteiger partial charge >= 0.3 is 0 Å². The summed E-state index contributed by atoms with van der Waals surface area (Å²) in [5.74, 6) is 1.69. The van der Waals surface area contributed by atoms with Crippen molar-refractivity contribution in [3.8, 4) is 11.5 Å². The molecule has 2 nitrogen and oxygen atoms in total. The van der Waals surface area contributed by atoms with E-state index >= 15 is 0 Å². The van der Waals surface area contributed by atoms with Crippen molar-refractivity contribution >= 4 is 23.0 Å². The molecule has 0 N–H and O–H groups in total. The van der Waals surface area contributed by atoms with Crippen LogP contribution in [0.4, 0.5) is 0 Å². The molecule has 27 heavy (non-hydrogen) atoms. The number of hydrogen-bond donors (Lipinski definition) is 0. The van der Waals surface area contributed by atoms with Crippen LogP contribution in [0, 0.1) is 0 Å². The van der Waals surface area contributed by atoms with Crippen LogP contribution >= 0.6 is 0 Å². The highest BCUT2D eigenvalue weighted by atomic mass is 16.5. The predicted molar refractivity (Wildman–Crippen MR) is 108 cm³/mol. The minimum absolute atomic E-state index is 0.0270. The predicted octanol–water partition coefficient (Wildman–Crippen LogP) is 5.90. The van der Waals surface area contributed by atoms with Gasteiger partial charge in [0.25, 0.3) is 0 Å². The highest BCUT2D eigenvalue weighted by molar-refractivity contribution is 6.30. The lowest BCUT2D eigenvalue weighted by Crippen LogP contribution is -2.05. The molecule has 0 amide bonds. The molecule has 0 saturated heterocycles. The van der Waals surface area contributed by atoms with Crippen LogP contribution in [0.1, 0.15) is 22.3 Å². The highest BCUT2D eigenvalue weighted by Crippen LogP contribution is 2.43. The Hall–Kier alpha value is -3.65. The van der Waals surface area contributed by atoms with Crippen molar-refractivity contribution in [2.24, 2.45) is 0 Å². The topological polar surface area (TPSA) is 26.3 Å². The number of carbonyl (C=O) groups excluding carboxylic acids is 1. The van der Waals surface area contributed by atoms with Crippen molar-refractivity contribution in [1.29, 1.82) is 0 Å². The molecule has 0 atom stereocenters. The van der Waals surface area contributed by atoms with Gasteiger partial charge in [-0.2, -0.15) is 0 Å². The van der Waals surface area contributed by atoms with Gasteiger partial charge in [0, 0.05) is 16.7 Å². The Bertz CT molecular complexity index is 1110. The summed E-state index contributed by atoms with van der Waals surface area (Å²) < 4.78 is 6.04. The van der Waals surface area contributed by atoms with Crippen molar-refractivity contribution in [1.82, 2.24) is 0 Å². The molecule has 1 aliphatic heterocycles. The SMILES string of the molecule is O=C1C=Cc2ccccc2C1=CC=C1c2ccccc2Oc2ccccc21. The molecule has 3 aromatic rings. The number of carbonyl (C=O) groups is 1. The fraction of sp³-hybridized carbons (Fsp3) is 0. The number of fused-ring (bicyclic) bond motifs is 3. The number of allylic oxidation sites excluding steroid dienone is 4. The Morgan fingerprint density at radius 1 is 0.593 bits per heavy atom. The van der Waals surface area contributed by atoms with Crippen molar-refractivity contribution in [3.63, 3.8) is 0 Å². The second kappa shape index (κ2) is 6.26. The number of ether oxygens (including phenoxy) is 1. The Balaban J connectivity index is 1.69. The van der Waals surface area contributed by atoms with Gasteiger partial charge in [-0.05, 0) is 41.0 Å². The number of ketones is 1. The molecular formula is C25H16O2. The molecule has 0 fully saturated rings. The average Bonchev–Trinajstić information content (AvgIpc) is 2.72. The summed E-state index contributed by atoms with van der Waals surface area (Å²) in [6, 6.07) is 23.9. The van der Waals surface area contributed by atoms with Crippen LogP contribution in [0.15, 0.2) is 91.0 Å². The Morgan fingerprint density at radius 2 is 1.15 bits per heavy atom. The molecule has 3 aromatic carbocycles. The lowest BCUT2D eigenvalue weighted by atomic mass is 9.89. The Labute approximate surface area is 157 Å². The first-order valence-electron chi connectivity index (χ1n) is 8.92. The second-order valence-corrected chi connectivity index (χ2v) is 6.54.